The van der Waals surface area contributed by atoms with Gasteiger partial charge in [0, 0.05) is 11.5 Å². The van der Waals surface area contributed by atoms with Crippen molar-refractivity contribution in [3.63, 3.8) is 0 Å². The van der Waals surface area contributed by atoms with E-state index in [1.807, 2.05) is 23.9 Å². The Bertz CT molecular complexity index is 909. The van der Waals surface area contributed by atoms with E-state index in [1.54, 1.807) is 0 Å². The van der Waals surface area contributed by atoms with Crippen LogP contribution in [0.3, 0.4) is 0 Å². The number of aromatic hydroxyl groups is 2. The summed E-state index contributed by atoms with van der Waals surface area (Å²) in [5.41, 5.74) is 6.69. The second kappa shape index (κ2) is 9.21. The van der Waals surface area contributed by atoms with Gasteiger partial charge >= 0.3 is 0 Å². The standard InChI is InChI=1S/C30H46O2S/c1-27(2,3)21-15-25(31)23(29(7,8)9)13-19(21)17-33-18-20-14-24(30(10,11)12)26(32)16-22(20)28(4,5)6/h13-16,31-32H,17-18H2,1-12H3. The Morgan fingerprint density at radius 3 is 1.00 bits per heavy atom. The molecule has 2 N–H and O–H groups in total. The Morgan fingerprint density at radius 2 is 0.758 bits per heavy atom. The van der Waals surface area contributed by atoms with Gasteiger partial charge in [0.05, 0.1) is 0 Å². The fourth-order valence-electron chi connectivity index (χ4n) is 4.37. The third-order valence-electron chi connectivity index (χ3n) is 6.19. The van der Waals surface area contributed by atoms with Gasteiger partial charge in [-0.05, 0) is 67.2 Å². The number of phenols is 2. The fraction of sp³-hybridized carbons (Fsp3) is 0.600. The normalized spacial score (nSPS) is 13.5. The highest BCUT2D eigenvalue weighted by molar-refractivity contribution is 7.97. The molecular weight excluding hydrogens is 424 g/mol. The molecular formula is C30H46O2S. The summed E-state index contributed by atoms with van der Waals surface area (Å²) in [6.45, 7) is 26.1. The van der Waals surface area contributed by atoms with Crippen molar-refractivity contribution in [3.8, 4) is 11.5 Å². The first-order valence-corrected chi connectivity index (χ1v) is 13.2. The number of rotatable bonds is 4. The molecule has 0 aliphatic carbocycles. The second-order valence-corrected chi connectivity index (χ2v) is 14.5. The summed E-state index contributed by atoms with van der Waals surface area (Å²) in [4.78, 5) is 0. The Morgan fingerprint density at radius 1 is 0.485 bits per heavy atom. The lowest BCUT2D eigenvalue weighted by Gasteiger charge is -2.29. The van der Waals surface area contributed by atoms with Crippen molar-refractivity contribution in [3.05, 3.63) is 57.6 Å². The molecule has 2 aromatic rings. The third-order valence-corrected chi connectivity index (χ3v) is 7.22. The van der Waals surface area contributed by atoms with Gasteiger partial charge in [0.1, 0.15) is 11.5 Å². The van der Waals surface area contributed by atoms with E-state index in [1.165, 1.54) is 22.3 Å². The van der Waals surface area contributed by atoms with Crippen LogP contribution in [0.2, 0.25) is 0 Å². The molecule has 3 heteroatoms. The maximum absolute atomic E-state index is 10.7. The molecule has 0 spiro atoms. The molecule has 0 unspecified atom stereocenters. The Hall–Kier alpha value is -1.61. The van der Waals surface area contributed by atoms with E-state index in [2.05, 4.69) is 95.2 Å². The number of thioether (sulfide) groups is 1. The first kappa shape index (κ1) is 27.6. The summed E-state index contributed by atoms with van der Waals surface area (Å²) in [5, 5.41) is 21.5. The molecule has 2 nitrogen and oxygen atoms in total. The minimum atomic E-state index is -0.113. The number of hydrogen-bond donors (Lipinski definition) is 2. The van der Waals surface area contributed by atoms with Crippen LogP contribution in [0.25, 0.3) is 0 Å². The highest BCUT2D eigenvalue weighted by Crippen LogP contribution is 2.41. The summed E-state index contributed by atoms with van der Waals surface area (Å²) in [5.74, 6) is 2.55. The van der Waals surface area contributed by atoms with Crippen LogP contribution in [-0.2, 0) is 33.2 Å². The first-order valence-electron chi connectivity index (χ1n) is 12.0. The minimum absolute atomic E-state index is 0.0434. The van der Waals surface area contributed by atoms with Crippen molar-refractivity contribution in [1.82, 2.24) is 0 Å². The molecule has 0 bridgehead atoms. The first-order chi connectivity index (χ1) is 14.7. The van der Waals surface area contributed by atoms with Gasteiger partial charge in [-0.25, -0.2) is 0 Å². The van der Waals surface area contributed by atoms with Crippen molar-refractivity contribution in [2.75, 3.05) is 0 Å². The summed E-state index contributed by atoms with van der Waals surface area (Å²) < 4.78 is 0. The second-order valence-electron chi connectivity index (χ2n) is 13.5. The monoisotopic (exact) mass is 470 g/mol. The quantitative estimate of drug-likeness (QED) is 0.469. The molecule has 0 fully saturated rings. The van der Waals surface area contributed by atoms with Crippen molar-refractivity contribution >= 4 is 11.8 Å². The lowest BCUT2D eigenvalue weighted by atomic mass is 9.79. The van der Waals surface area contributed by atoms with E-state index in [0.29, 0.717) is 11.5 Å². The number of hydrogen-bond acceptors (Lipinski definition) is 3. The van der Waals surface area contributed by atoms with Crippen LogP contribution in [0.15, 0.2) is 24.3 Å². The topological polar surface area (TPSA) is 40.5 Å². The van der Waals surface area contributed by atoms with Gasteiger partial charge < -0.3 is 10.2 Å². The molecule has 0 aromatic heterocycles. The van der Waals surface area contributed by atoms with Crippen molar-refractivity contribution in [1.29, 1.82) is 0 Å². The Labute approximate surface area is 207 Å². The lowest BCUT2D eigenvalue weighted by Crippen LogP contribution is -2.18. The lowest BCUT2D eigenvalue weighted by molar-refractivity contribution is 0.442. The molecule has 0 saturated heterocycles. The van der Waals surface area contributed by atoms with Crippen LogP contribution in [0.5, 0.6) is 11.5 Å². The average molecular weight is 471 g/mol. The molecule has 0 saturated carbocycles. The Kier molecular flexibility index (Phi) is 7.71. The van der Waals surface area contributed by atoms with Crippen molar-refractivity contribution in [2.24, 2.45) is 0 Å². The van der Waals surface area contributed by atoms with Crippen LogP contribution >= 0.6 is 11.8 Å². The zero-order chi connectivity index (χ0) is 25.6. The van der Waals surface area contributed by atoms with Gasteiger partial charge in [0.25, 0.3) is 0 Å². The molecule has 0 amide bonds. The smallest absolute Gasteiger partial charge is 0.119 e. The zero-order valence-corrected chi connectivity index (χ0v) is 23.8. The zero-order valence-electron chi connectivity index (χ0n) is 23.0. The van der Waals surface area contributed by atoms with E-state index in [0.717, 1.165) is 22.6 Å². The van der Waals surface area contributed by atoms with E-state index in [4.69, 9.17) is 0 Å². The average Bonchev–Trinajstić information content (AvgIpc) is 2.59. The van der Waals surface area contributed by atoms with Gasteiger partial charge in [-0.2, -0.15) is 11.8 Å². The summed E-state index contributed by atoms with van der Waals surface area (Å²) in [6, 6.07) is 8.39. The van der Waals surface area contributed by atoms with E-state index in [9.17, 15) is 10.2 Å². The van der Waals surface area contributed by atoms with Crippen LogP contribution in [0.1, 0.15) is 116 Å². The van der Waals surface area contributed by atoms with Gasteiger partial charge in [-0.1, -0.05) is 95.2 Å². The molecule has 33 heavy (non-hydrogen) atoms. The molecule has 0 heterocycles. The molecule has 0 aliphatic heterocycles. The van der Waals surface area contributed by atoms with Gasteiger partial charge in [0.15, 0.2) is 0 Å². The third kappa shape index (κ3) is 6.72. The van der Waals surface area contributed by atoms with E-state index >= 15 is 0 Å². The number of benzene rings is 2. The van der Waals surface area contributed by atoms with Crippen molar-refractivity contribution in [2.45, 2.75) is 116 Å². The van der Waals surface area contributed by atoms with Crippen LogP contribution in [-0.4, -0.2) is 10.2 Å². The molecule has 2 rings (SSSR count). The van der Waals surface area contributed by atoms with E-state index < -0.39 is 0 Å². The SMILES string of the molecule is CC(C)(C)c1cc(CSCc2cc(C(C)(C)C)c(O)cc2C(C)(C)C)c(C(C)(C)C)cc1O. The van der Waals surface area contributed by atoms with Crippen LogP contribution in [0, 0.1) is 0 Å². The maximum atomic E-state index is 10.7. The van der Waals surface area contributed by atoms with Gasteiger partial charge in [-0.3, -0.25) is 0 Å². The summed E-state index contributed by atoms with van der Waals surface area (Å²) in [6.07, 6.45) is 0. The molecule has 184 valence electrons. The molecule has 0 aliphatic rings. The fourth-order valence-corrected chi connectivity index (χ4v) is 5.39. The van der Waals surface area contributed by atoms with E-state index in [-0.39, 0.29) is 21.7 Å². The summed E-state index contributed by atoms with van der Waals surface area (Å²) in [7, 11) is 0. The van der Waals surface area contributed by atoms with Crippen LogP contribution < -0.4 is 0 Å². The highest BCUT2D eigenvalue weighted by Gasteiger charge is 2.27. The summed E-state index contributed by atoms with van der Waals surface area (Å²) >= 11 is 1.91. The predicted octanol–water partition coefficient (Wildman–Crippen LogP) is 8.72. The van der Waals surface area contributed by atoms with Gasteiger partial charge in [-0.15, -0.1) is 0 Å². The van der Waals surface area contributed by atoms with Crippen LogP contribution in [0.4, 0.5) is 0 Å². The minimum Gasteiger partial charge on any atom is -0.508 e. The number of phenolic OH excluding ortho intramolecular Hbond substituents is 2. The predicted molar refractivity (Wildman–Crippen MR) is 146 cm³/mol. The maximum Gasteiger partial charge on any atom is 0.119 e. The molecule has 0 atom stereocenters. The highest BCUT2D eigenvalue weighted by atomic mass is 32.2. The van der Waals surface area contributed by atoms with Crippen molar-refractivity contribution < 1.29 is 10.2 Å². The van der Waals surface area contributed by atoms with Gasteiger partial charge in [0.2, 0.25) is 0 Å². The molecule has 0 radical (unpaired) electrons. The Balaban J connectivity index is 2.46. The largest absolute Gasteiger partial charge is 0.508 e. The molecule has 2 aromatic carbocycles.